The monoisotopic (exact) mass is 719 g/mol. The number of halogens is 1. The van der Waals surface area contributed by atoms with Crippen LogP contribution in [0.2, 0.25) is 0 Å². The molecule has 0 aromatic heterocycles. The number of likely N-dealkylation sites (N-methyl/N-ethyl adjacent to an activating group) is 1. The third-order valence-corrected chi connectivity index (χ3v) is 10.2. The molecule has 0 aliphatic carbocycles. The lowest BCUT2D eigenvalue weighted by molar-refractivity contribution is -0.387. The number of nitro groups is 1. The number of carbonyl (C=O) groups is 2. The number of amides is 1. The Morgan fingerprint density at radius 2 is 1.67 bits per heavy atom. The molecule has 0 aliphatic rings. The van der Waals surface area contributed by atoms with Crippen LogP contribution in [0, 0.1) is 35.7 Å². The van der Waals surface area contributed by atoms with Gasteiger partial charge in [-0.25, -0.2) is 12.8 Å². The van der Waals surface area contributed by atoms with E-state index in [0.717, 1.165) is 44.8 Å². The summed E-state index contributed by atoms with van der Waals surface area (Å²) in [6, 6.07) is 19.6. The van der Waals surface area contributed by atoms with Gasteiger partial charge in [-0.15, -0.1) is 0 Å². The van der Waals surface area contributed by atoms with Crippen LogP contribution in [0.5, 0.6) is 5.75 Å². The molecule has 0 spiro atoms. The highest BCUT2D eigenvalue weighted by Crippen LogP contribution is 2.35. The van der Waals surface area contributed by atoms with Crippen molar-refractivity contribution >= 4 is 33.3 Å². The SMILES string of the molecule is CCN(CCOc1cc(C)c(-c2cccc(CN(c3ccc(CCC(=O)O)c(F)c3)S(=O)(=O)c3ccccc3[N+](=O)[O-])c2)c(C)c1)C(=O)C(C)C. The summed E-state index contributed by atoms with van der Waals surface area (Å²) in [7, 11) is -4.62. The van der Waals surface area contributed by atoms with E-state index < -0.39 is 37.3 Å². The number of anilines is 1. The lowest BCUT2D eigenvalue weighted by Crippen LogP contribution is -2.37. The number of carboxylic acid groups (broad SMARTS) is 1. The minimum absolute atomic E-state index is 0.0648. The largest absolute Gasteiger partial charge is 0.492 e. The first-order valence-electron chi connectivity index (χ1n) is 16.5. The van der Waals surface area contributed by atoms with Gasteiger partial charge in [0, 0.05) is 24.9 Å². The number of rotatable bonds is 16. The number of para-hydroxylation sites is 1. The lowest BCUT2D eigenvalue weighted by Gasteiger charge is -2.25. The first-order chi connectivity index (χ1) is 24.1. The number of hydrogen-bond donors (Lipinski definition) is 1. The molecule has 0 radical (unpaired) electrons. The number of aliphatic carboxylic acids is 1. The Labute approximate surface area is 297 Å². The highest BCUT2D eigenvalue weighted by molar-refractivity contribution is 7.93. The van der Waals surface area contributed by atoms with E-state index in [1.807, 2.05) is 58.9 Å². The number of ether oxygens (including phenoxy) is 1. The summed E-state index contributed by atoms with van der Waals surface area (Å²) < 4.78 is 50.6. The summed E-state index contributed by atoms with van der Waals surface area (Å²) in [6.07, 6.45) is -0.415. The Kier molecular flexibility index (Phi) is 12.5. The lowest BCUT2D eigenvalue weighted by atomic mass is 9.94. The second-order valence-electron chi connectivity index (χ2n) is 12.5. The number of nitrogens with zero attached hydrogens (tertiary/aromatic N) is 3. The van der Waals surface area contributed by atoms with Gasteiger partial charge in [-0.2, -0.15) is 0 Å². The molecule has 0 bridgehead atoms. The molecule has 0 aliphatic heterocycles. The fraction of sp³-hybridized carbons (Fsp3) is 0.316. The third kappa shape index (κ3) is 9.28. The van der Waals surface area contributed by atoms with Gasteiger partial charge in [-0.1, -0.05) is 50.2 Å². The van der Waals surface area contributed by atoms with Crippen LogP contribution in [-0.4, -0.2) is 54.9 Å². The van der Waals surface area contributed by atoms with Crippen molar-refractivity contribution in [2.24, 2.45) is 5.92 Å². The summed E-state index contributed by atoms with van der Waals surface area (Å²) in [5.74, 6) is -1.30. The van der Waals surface area contributed by atoms with E-state index >= 15 is 4.39 Å². The van der Waals surface area contributed by atoms with Gasteiger partial charge in [-0.3, -0.25) is 24.0 Å². The van der Waals surface area contributed by atoms with Gasteiger partial charge in [0.15, 0.2) is 4.90 Å². The molecule has 0 heterocycles. The normalized spacial score (nSPS) is 11.4. The highest BCUT2D eigenvalue weighted by Gasteiger charge is 2.32. The highest BCUT2D eigenvalue weighted by atomic mass is 32.2. The molecule has 51 heavy (non-hydrogen) atoms. The molecule has 270 valence electrons. The molecule has 4 aromatic rings. The molecule has 4 aromatic carbocycles. The average molecular weight is 720 g/mol. The first kappa shape index (κ1) is 38.5. The zero-order valence-corrected chi connectivity index (χ0v) is 30.1. The second-order valence-corrected chi connectivity index (χ2v) is 14.3. The van der Waals surface area contributed by atoms with Crippen molar-refractivity contribution in [2.75, 3.05) is 24.0 Å². The first-order valence-corrected chi connectivity index (χ1v) is 18.0. The minimum Gasteiger partial charge on any atom is -0.492 e. The molecule has 13 heteroatoms. The Morgan fingerprint density at radius 3 is 2.27 bits per heavy atom. The summed E-state index contributed by atoms with van der Waals surface area (Å²) >= 11 is 0. The van der Waals surface area contributed by atoms with Crippen LogP contribution in [0.4, 0.5) is 15.8 Å². The van der Waals surface area contributed by atoms with Gasteiger partial charge in [0.05, 0.1) is 23.7 Å². The van der Waals surface area contributed by atoms with E-state index in [2.05, 4.69) is 0 Å². The molecule has 4 rings (SSSR count). The molecule has 0 fully saturated rings. The van der Waals surface area contributed by atoms with Crippen molar-refractivity contribution in [2.45, 2.75) is 58.9 Å². The maximum absolute atomic E-state index is 15.3. The van der Waals surface area contributed by atoms with E-state index in [-0.39, 0.29) is 42.5 Å². The second kappa shape index (κ2) is 16.6. The van der Waals surface area contributed by atoms with E-state index in [1.54, 1.807) is 17.0 Å². The number of aryl methyl sites for hydroxylation is 3. The van der Waals surface area contributed by atoms with Crippen molar-refractivity contribution < 1.29 is 37.2 Å². The third-order valence-electron chi connectivity index (χ3n) is 8.43. The summed E-state index contributed by atoms with van der Waals surface area (Å²) in [5.41, 5.74) is 3.39. The summed E-state index contributed by atoms with van der Waals surface area (Å²) in [5, 5.41) is 20.9. The van der Waals surface area contributed by atoms with Crippen LogP contribution in [0.25, 0.3) is 11.1 Å². The predicted octanol–water partition coefficient (Wildman–Crippen LogP) is 7.31. The average Bonchev–Trinajstić information content (AvgIpc) is 3.08. The van der Waals surface area contributed by atoms with E-state index in [1.165, 1.54) is 24.3 Å². The number of benzene rings is 4. The van der Waals surface area contributed by atoms with Crippen LogP contribution in [0.3, 0.4) is 0 Å². The molecule has 0 unspecified atom stereocenters. The summed E-state index contributed by atoms with van der Waals surface area (Å²) in [4.78, 5) is 35.7. The quantitative estimate of drug-likeness (QED) is 0.0937. The Hall–Kier alpha value is -5.30. The van der Waals surface area contributed by atoms with Gasteiger partial charge in [-0.05, 0) is 97.0 Å². The number of carboxylic acids is 1. The van der Waals surface area contributed by atoms with Crippen LogP contribution < -0.4 is 9.04 Å². The van der Waals surface area contributed by atoms with Crippen LogP contribution in [0.1, 0.15) is 49.4 Å². The zero-order chi connectivity index (χ0) is 37.5. The van der Waals surface area contributed by atoms with E-state index in [0.29, 0.717) is 31.0 Å². The molecule has 0 atom stereocenters. The van der Waals surface area contributed by atoms with Crippen molar-refractivity contribution in [3.63, 3.8) is 0 Å². The smallest absolute Gasteiger partial charge is 0.303 e. The van der Waals surface area contributed by atoms with Crippen molar-refractivity contribution in [3.8, 4) is 16.9 Å². The van der Waals surface area contributed by atoms with Crippen LogP contribution in [-0.2, 0) is 32.6 Å². The van der Waals surface area contributed by atoms with Crippen LogP contribution >= 0.6 is 0 Å². The molecule has 0 saturated heterocycles. The molecular weight excluding hydrogens is 677 g/mol. The number of carbonyl (C=O) groups excluding carboxylic acids is 1. The van der Waals surface area contributed by atoms with Gasteiger partial charge in [0.25, 0.3) is 15.7 Å². The molecule has 1 N–H and O–H groups in total. The van der Waals surface area contributed by atoms with Crippen molar-refractivity contribution in [1.82, 2.24) is 4.90 Å². The van der Waals surface area contributed by atoms with E-state index in [9.17, 15) is 28.1 Å². The Balaban J connectivity index is 1.69. The Bertz CT molecular complexity index is 2010. The van der Waals surface area contributed by atoms with Gasteiger partial charge in [0.1, 0.15) is 18.2 Å². The van der Waals surface area contributed by atoms with Crippen molar-refractivity contribution in [3.05, 3.63) is 117 Å². The van der Waals surface area contributed by atoms with Gasteiger partial charge >= 0.3 is 5.97 Å². The van der Waals surface area contributed by atoms with Gasteiger partial charge in [0.2, 0.25) is 5.91 Å². The minimum atomic E-state index is -4.62. The number of sulfonamides is 1. The number of hydrogen-bond acceptors (Lipinski definition) is 7. The molecule has 1 amide bonds. The molecule has 11 nitrogen and oxygen atoms in total. The van der Waals surface area contributed by atoms with E-state index in [4.69, 9.17) is 9.84 Å². The summed E-state index contributed by atoms with van der Waals surface area (Å²) in [6.45, 7) is 10.6. The standard InChI is InChI=1S/C38H42FN3O8S/c1-6-40(38(45)25(2)3)18-19-50-32-20-26(4)37(27(5)21-32)30-11-9-10-28(22-30)24-41(31-16-14-29(33(39)23-31)15-17-36(43)44)51(48,49)35-13-8-7-12-34(35)42(46)47/h7-14,16,20-23,25H,6,15,17-19,24H2,1-5H3,(H,43,44). The maximum atomic E-state index is 15.3. The topological polar surface area (TPSA) is 147 Å². The fourth-order valence-electron chi connectivity index (χ4n) is 5.91. The molecular formula is C38H42FN3O8S. The van der Waals surface area contributed by atoms with Crippen LogP contribution in [0.15, 0.2) is 83.8 Å². The number of nitro benzene ring substituents is 1. The zero-order valence-electron chi connectivity index (χ0n) is 29.3. The van der Waals surface area contributed by atoms with Gasteiger partial charge < -0.3 is 14.7 Å². The Morgan fingerprint density at radius 1 is 0.980 bits per heavy atom. The van der Waals surface area contributed by atoms with Crippen molar-refractivity contribution in [1.29, 1.82) is 0 Å². The molecule has 0 saturated carbocycles. The predicted molar refractivity (Wildman–Crippen MR) is 193 cm³/mol. The fourth-order valence-corrected chi connectivity index (χ4v) is 7.52. The maximum Gasteiger partial charge on any atom is 0.303 e.